The van der Waals surface area contributed by atoms with Crippen molar-refractivity contribution in [1.29, 1.82) is 0 Å². The number of para-hydroxylation sites is 1. The summed E-state index contributed by atoms with van der Waals surface area (Å²) in [7, 11) is 0. The molecule has 206 valence electrons. The Labute approximate surface area is 220 Å². The number of alkyl halides is 3. The van der Waals surface area contributed by atoms with Crippen LogP contribution in [0.25, 0.3) is 21.9 Å². The highest BCUT2D eigenvalue weighted by Gasteiger charge is 2.36. The molecule has 1 aliphatic heterocycles. The van der Waals surface area contributed by atoms with Gasteiger partial charge in [0.25, 0.3) is 11.1 Å². The van der Waals surface area contributed by atoms with Gasteiger partial charge in [-0.2, -0.15) is 18.3 Å². The molecule has 0 amide bonds. The van der Waals surface area contributed by atoms with Crippen LogP contribution in [0.2, 0.25) is 0 Å². The minimum Gasteiger partial charge on any atom is -0.486 e. The van der Waals surface area contributed by atoms with E-state index < -0.39 is 28.8 Å². The summed E-state index contributed by atoms with van der Waals surface area (Å²) in [4.78, 5) is 23.3. The highest BCUT2D eigenvalue weighted by atomic mass is 19.4. The van der Waals surface area contributed by atoms with E-state index in [9.17, 15) is 27.2 Å². The third-order valence-electron chi connectivity index (χ3n) is 6.09. The summed E-state index contributed by atoms with van der Waals surface area (Å²) in [6, 6.07) is 10.4. The second-order valence-electron chi connectivity index (χ2n) is 8.80. The lowest BCUT2D eigenvalue weighted by Gasteiger charge is -2.21. The van der Waals surface area contributed by atoms with Crippen LogP contribution in [0, 0.1) is 5.82 Å². The Morgan fingerprint density at radius 3 is 2.54 bits per heavy atom. The summed E-state index contributed by atoms with van der Waals surface area (Å²) < 4.78 is 63.9. The van der Waals surface area contributed by atoms with Crippen LogP contribution in [0.1, 0.15) is 31.7 Å². The number of rotatable bonds is 5. The van der Waals surface area contributed by atoms with Gasteiger partial charge in [0.2, 0.25) is 0 Å². The number of aromatic amines is 1. The van der Waals surface area contributed by atoms with Crippen molar-refractivity contribution in [2.75, 3.05) is 18.9 Å². The van der Waals surface area contributed by atoms with Gasteiger partial charge in [0.15, 0.2) is 11.5 Å². The second kappa shape index (κ2) is 11.6. The Bertz CT molecular complexity index is 1600. The number of fused-ring (bicyclic) bond motifs is 2. The Balaban J connectivity index is 0.000000247. The zero-order valence-electron chi connectivity index (χ0n) is 21.0. The number of aromatic nitrogens is 3. The molecule has 0 atom stereocenters. The van der Waals surface area contributed by atoms with E-state index >= 15 is 0 Å². The van der Waals surface area contributed by atoms with E-state index in [1.54, 1.807) is 21.9 Å². The highest BCUT2D eigenvalue weighted by molar-refractivity contribution is 5.88. The molecule has 12 heteroatoms. The van der Waals surface area contributed by atoms with Crippen LogP contribution in [-0.4, -0.2) is 28.0 Å². The number of ether oxygens (including phenoxy) is 2. The van der Waals surface area contributed by atoms with E-state index in [2.05, 4.69) is 12.0 Å². The monoisotopic (exact) mass is 546 g/mol. The minimum atomic E-state index is -4.74. The second-order valence-corrected chi connectivity index (χ2v) is 8.80. The smallest absolute Gasteiger partial charge is 0.423 e. The van der Waals surface area contributed by atoms with Gasteiger partial charge < -0.3 is 19.8 Å². The Kier molecular flexibility index (Phi) is 8.22. The minimum absolute atomic E-state index is 0.149. The molecule has 0 unspecified atom stereocenters. The molecule has 0 saturated heterocycles. The standard InChI is InChI=1S/C22H22FNO3.C5H4F3N3O/c1-2-3-4-9-24-10-8-15-13-18(19(23)14-17(15)22(24)25)16-6-5-7-20-21(16)27-12-11-26-20;6-5(7,8)3-2(9)1-10-11-4(3)12/h5-8,10,13-14H,2-4,9,11-12H2,1H3;1H,(H3,9,11,12). The van der Waals surface area contributed by atoms with Crippen molar-refractivity contribution in [3.05, 3.63) is 80.9 Å². The van der Waals surface area contributed by atoms with Crippen molar-refractivity contribution in [3.63, 3.8) is 0 Å². The van der Waals surface area contributed by atoms with E-state index in [-0.39, 0.29) is 5.56 Å². The molecule has 0 saturated carbocycles. The SMILES string of the molecule is CCCCCn1ccc2cc(-c3cccc4c3OCCO4)c(F)cc2c1=O.Nc1cn[nH]c(=O)c1C(F)(F)F. The third kappa shape index (κ3) is 6.05. The largest absolute Gasteiger partial charge is 0.486 e. The summed E-state index contributed by atoms with van der Waals surface area (Å²) in [6.07, 6.45) is 0.898. The first-order chi connectivity index (χ1) is 18.6. The number of nitrogens with two attached hydrogens (primary N) is 1. The van der Waals surface area contributed by atoms with Crippen molar-refractivity contribution >= 4 is 16.5 Å². The maximum atomic E-state index is 14.9. The van der Waals surface area contributed by atoms with Gasteiger partial charge in [0.1, 0.15) is 24.6 Å². The molecule has 8 nitrogen and oxygen atoms in total. The zero-order chi connectivity index (χ0) is 28.2. The van der Waals surface area contributed by atoms with Gasteiger partial charge in [-0.15, -0.1) is 0 Å². The quantitative estimate of drug-likeness (QED) is 0.265. The van der Waals surface area contributed by atoms with Crippen LogP contribution in [-0.2, 0) is 12.7 Å². The average Bonchev–Trinajstić information content (AvgIpc) is 2.89. The maximum absolute atomic E-state index is 14.9. The van der Waals surface area contributed by atoms with Crippen molar-refractivity contribution < 1.29 is 27.0 Å². The normalized spacial score (nSPS) is 12.6. The van der Waals surface area contributed by atoms with Gasteiger partial charge in [-0.1, -0.05) is 31.9 Å². The molecule has 4 aromatic rings. The number of pyridine rings is 1. The third-order valence-corrected chi connectivity index (χ3v) is 6.09. The van der Waals surface area contributed by atoms with Crippen LogP contribution in [0.4, 0.5) is 23.2 Å². The highest BCUT2D eigenvalue weighted by Crippen LogP contribution is 2.41. The number of hydrogen-bond acceptors (Lipinski definition) is 6. The molecule has 0 bridgehead atoms. The summed E-state index contributed by atoms with van der Waals surface area (Å²) in [6.45, 7) is 3.69. The summed E-state index contributed by atoms with van der Waals surface area (Å²) >= 11 is 0. The van der Waals surface area contributed by atoms with Crippen LogP contribution in [0.3, 0.4) is 0 Å². The molecule has 2 aromatic heterocycles. The number of aryl methyl sites for hydroxylation is 1. The number of hydrogen-bond donors (Lipinski definition) is 2. The van der Waals surface area contributed by atoms with Gasteiger partial charge in [-0.05, 0) is 36.1 Å². The molecule has 39 heavy (non-hydrogen) atoms. The molecule has 0 radical (unpaired) electrons. The maximum Gasteiger partial charge on any atom is 0.423 e. The number of H-pyrrole nitrogens is 1. The Hall–Kier alpha value is -4.35. The molecular formula is C27H26F4N4O4. The van der Waals surface area contributed by atoms with Crippen molar-refractivity contribution in [1.82, 2.24) is 14.8 Å². The number of benzene rings is 2. The zero-order valence-corrected chi connectivity index (χ0v) is 21.0. The first-order valence-electron chi connectivity index (χ1n) is 12.2. The van der Waals surface area contributed by atoms with Crippen LogP contribution < -0.4 is 26.3 Å². The van der Waals surface area contributed by atoms with Gasteiger partial charge in [0, 0.05) is 23.9 Å². The van der Waals surface area contributed by atoms with E-state index in [0.717, 1.165) is 30.8 Å². The van der Waals surface area contributed by atoms with Gasteiger partial charge >= 0.3 is 6.18 Å². The molecule has 0 aliphatic carbocycles. The molecule has 2 aromatic carbocycles. The average molecular weight is 547 g/mol. The topological polar surface area (TPSA) is 112 Å². The predicted molar refractivity (Wildman–Crippen MR) is 138 cm³/mol. The fourth-order valence-corrected chi connectivity index (χ4v) is 4.21. The lowest BCUT2D eigenvalue weighted by Crippen LogP contribution is -2.24. The summed E-state index contributed by atoms with van der Waals surface area (Å²) in [5.74, 6) is 0.730. The van der Waals surface area contributed by atoms with Crippen molar-refractivity contribution in [2.24, 2.45) is 0 Å². The number of nitrogen functional groups attached to an aromatic ring is 1. The molecule has 0 fully saturated rings. The number of halogens is 4. The Morgan fingerprint density at radius 2 is 1.85 bits per heavy atom. The first-order valence-corrected chi connectivity index (χ1v) is 12.2. The van der Waals surface area contributed by atoms with E-state index in [4.69, 9.17) is 15.2 Å². The lowest BCUT2D eigenvalue weighted by molar-refractivity contribution is -0.138. The first kappa shape index (κ1) is 27.7. The number of anilines is 1. The van der Waals surface area contributed by atoms with E-state index in [1.807, 2.05) is 24.3 Å². The fraction of sp³-hybridized carbons (Fsp3) is 0.296. The molecule has 3 heterocycles. The fourth-order valence-electron chi connectivity index (χ4n) is 4.21. The van der Waals surface area contributed by atoms with Crippen LogP contribution >= 0.6 is 0 Å². The molecular weight excluding hydrogens is 520 g/mol. The van der Waals surface area contributed by atoms with Crippen molar-refractivity contribution in [2.45, 2.75) is 38.9 Å². The molecule has 0 spiro atoms. The van der Waals surface area contributed by atoms with Gasteiger partial charge in [-0.3, -0.25) is 9.59 Å². The van der Waals surface area contributed by atoms with E-state index in [1.165, 1.54) is 6.07 Å². The van der Waals surface area contributed by atoms with Crippen LogP contribution in [0.15, 0.2) is 58.4 Å². The number of unbranched alkanes of at least 4 members (excludes halogenated alkanes) is 2. The summed E-state index contributed by atoms with van der Waals surface area (Å²) in [5, 5.41) is 5.86. The van der Waals surface area contributed by atoms with Crippen molar-refractivity contribution in [3.8, 4) is 22.6 Å². The van der Waals surface area contributed by atoms with Gasteiger partial charge in [-0.25, -0.2) is 9.49 Å². The number of nitrogens with zero attached hydrogens (tertiary/aromatic N) is 2. The Morgan fingerprint density at radius 1 is 1.08 bits per heavy atom. The predicted octanol–water partition coefficient (Wildman–Crippen LogP) is 5.14. The van der Waals surface area contributed by atoms with Gasteiger partial charge in [0.05, 0.1) is 17.3 Å². The summed E-state index contributed by atoms with van der Waals surface area (Å²) in [5.41, 5.74) is 2.39. The molecule has 1 aliphatic rings. The van der Waals surface area contributed by atoms with Crippen LogP contribution in [0.5, 0.6) is 11.5 Å². The lowest BCUT2D eigenvalue weighted by atomic mass is 10.00. The number of nitrogens with one attached hydrogen (secondary N) is 1. The molecule has 3 N–H and O–H groups in total. The molecule has 5 rings (SSSR count). The van der Waals surface area contributed by atoms with E-state index in [0.29, 0.717) is 47.8 Å².